The van der Waals surface area contributed by atoms with Gasteiger partial charge in [0.25, 0.3) is 0 Å². The minimum absolute atomic E-state index is 0.107. The lowest BCUT2D eigenvalue weighted by molar-refractivity contribution is -0.148. The van der Waals surface area contributed by atoms with E-state index in [1.54, 1.807) is 37.4 Å². The average Bonchev–Trinajstić information content (AvgIpc) is 2.56. The van der Waals surface area contributed by atoms with Gasteiger partial charge in [0, 0.05) is 18.2 Å². The molecule has 0 saturated heterocycles. The number of carbonyl (C=O) groups excluding carboxylic acids is 1. The van der Waals surface area contributed by atoms with Gasteiger partial charge in [0.2, 0.25) is 5.91 Å². The van der Waals surface area contributed by atoms with Crippen LogP contribution in [0.3, 0.4) is 0 Å². The van der Waals surface area contributed by atoms with Crippen molar-refractivity contribution in [2.75, 3.05) is 12.4 Å². The molecule has 6 nitrogen and oxygen atoms in total. The molecule has 0 aromatic heterocycles. The number of benzene rings is 2. The van der Waals surface area contributed by atoms with Gasteiger partial charge >= 0.3 is 5.97 Å². The van der Waals surface area contributed by atoms with Crippen LogP contribution in [0, 0.1) is 5.41 Å². The summed E-state index contributed by atoms with van der Waals surface area (Å²) in [6, 6.07) is 14.1. The van der Waals surface area contributed by atoms with Crippen LogP contribution in [0.15, 0.2) is 48.5 Å². The molecule has 0 aliphatic carbocycles. The van der Waals surface area contributed by atoms with Crippen molar-refractivity contribution in [2.24, 2.45) is 5.41 Å². The van der Waals surface area contributed by atoms with Gasteiger partial charge < -0.3 is 19.9 Å². The van der Waals surface area contributed by atoms with Crippen LogP contribution in [0.2, 0.25) is 0 Å². The number of nitrogens with one attached hydrogen (secondary N) is 1. The maximum atomic E-state index is 12.0. The summed E-state index contributed by atoms with van der Waals surface area (Å²) in [6.07, 6.45) is -0.107. The van der Waals surface area contributed by atoms with E-state index in [4.69, 9.17) is 14.6 Å². The Hall–Kier alpha value is -3.02. The summed E-state index contributed by atoms with van der Waals surface area (Å²) < 4.78 is 10.9. The topological polar surface area (TPSA) is 84.9 Å². The Bertz CT molecular complexity index is 753. The number of hydrogen-bond acceptors (Lipinski definition) is 4. The van der Waals surface area contributed by atoms with Crippen molar-refractivity contribution in [3.8, 4) is 17.2 Å². The summed E-state index contributed by atoms with van der Waals surface area (Å²) in [7, 11) is 1.59. The molecule has 25 heavy (non-hydrogen) atoms. The predicted octanol–water partition coefficient (Wildman–Crippen LogP) is 3.93. The fraction of sp³-hybridized carbons (Fsp3) is 0.263. The van der Waals surface area contributed by atoms with Gasteiger partial charge in [-0.1, -0.05) is 6.07 Å². The lowest BCUT2D eigenvalue weighted by Gasteiger charge is -2.18. The van der Waals surface area contributed by atoms with Gasteiger partial charge in [0.05, 0.1) is 12.5 Å². The van der Waals surface area contributed by atoms with Gasteiger partial charge in [0.15, 0.2) is 0 Å². The lowest BCUT2D eigenvalue weighted by atomic mass is 9.89. The summed E-state index contributed by atoms with van der Waals surface area (Å²) in [5.74, 6) is 0.581. The number of ether oxygens (including phenoxy) is 2. The highest BCUT2D eigenvalue weighted by Gasteiger charge is 2.30. The number of methoxy groups -OCH3 is 1. The second kappa shape index (κ2) is 7.70. The molecule has 0 saturated carbocycles. The number of carboxylic acid groups (broad SMARTS) is 1. The number of carbonyl (C=O) groups is 2. The summed E-state index contributed by atoms with van der Waals surface area (Å²) in [6.45, 7) is 3.03. The van der Waals surface area contributed by atoms with Crippen LogP contribution in [0.1, 0.15) is 20.3 Å². The number of amides is 1. The first kappa shape index (κ1) is 18.3. The van der Waals surface area contributed by atoms with Crippen LogP contribution in [0.25, 0.3) is 0 Å². The highest BCUT2D eigenvalue weighted by molar-refractivity contribution is 5.94. The van der Waals surface area contributed by atoms with E-state index in [2.05, 4.69) is 5.32 Å². The van der Waals surface area contributed by atoms with Crippen LogP contribution in [-0.4, -0.2) is 24.1 Å². The molecule has 2 rings (SSSR count). The predicted molar refractivity (Wildman–Crippen MR) is 94.2 cm³/mol. The Morgan fingerprint density at radius 2 is 1.68 bits per heavy atom. The molecular formula is C19H21NO5. The molecule has 0 aliphatic heterocycles. The Kier molecular flexibility index (Phi) is 5.64. The zero-order chi connectivity index (χ0) is 18.4. The minimum Gasteiger partial charge on any atom is -0.497 e. The Balaban J connectivity index is 1.97. The second-order valence-electron chi connectivity index (χ2n) is 6.22. The van der Waals surface area contributed by atoms with Gasteiger partial charge in [-0.15, -0.1) is 0 Å². The van der Waals surface area contributed by atoms with Crippen molar-refractivity contribution in [3.05, 3.63) is 48.5 Å². The van der Waals surface area contributed by atoms with Crippen molar-refractivity contribution >= 4 is 17.6 Å². The lowest BCUT2D eigenvalue weighted by Crippen LogP contribution is -2.29. The highest BCUT2D eigenvalue weighted by atomic mass is 16.5. The summed E-state index contributed by atoms with van der Waals surface area (Å²) in [5, 5.41) is 11.7. The molecule has 2 N–H and O–H groups in total. The van der Waals surface area contributed by atoms with Crippen LogP contribution < -0.4 is 14.8 Å². The average molecular weight is 343 g/mol. The molecule has 0 aliphatic rings. The summed E-state index contributed by atoms with van der Waals surface area (Å²) in [4.78, 5) is 23.0. The smallest absolute Gasteiger partial charge is 0.309 e. The molecule has 0 fully saturated rings. The largest absolute Gasteiger partial charge is 0.497 e. The first-order valence-electron chi connectivity index (χ1n) is 7.75. The number of hydrogen-bond donors (Lipinski definition) is 2. The van der Waals surface area contributed by atoms with Gasteiger partial charge in [-0.25, -0.2) is 0 Å². The number of carboxylic acids is 1. The normalized spacial score (nSPS) is 10.8. The summed E-state index contributed by atoms with van der Waals surface area (Å²) >= 11 is 0. The number of aliphatic carboxylic acids is 1. The van der Waals surface area contributed by atoms with E-state index in [-0.39, 0.29) is 12.3 Å². The van der Waals surface area contributed by atoms with Gasteiger partial charge in [0.1, 0.15) is 17.2 Å². The zero-order valence-corrected chi connectivity index (χ0v) is 14.4. The van der Waals surface area contributed by atoms with E-state index in [1.165, 1.54) is 13.8 Å². The first-order valence-corrected chi connectivity index (χ1v) is 7.75. The minimum atomic E-state index is -1.11. The third-order valence-electron chi connectivity index (χ3n) is 3.60. The quantitative estimate of drug-likeness (QED) is 0.796. The molecule has 6 heteroatoms. The van der Waals surface area contributed by atoms with E-state index < -0.39 is 11.4 Å². The Morgan fingerprint density at radius 3 is 2.28 bits per heavy atom. The number of rotatable bonds is 7. The standard InChI is InChI=1S/C19H21NO5/c1-19(2,18(22)23)12-17(21)20-13-7-9-14(10-8-13)25-16-6-4-5-15(11-16)24-3/h4-11H,12H2,1-3H3,(H,20,21)(H,22,23). The van der Waals surface area contributed by atoms with Crippen molar-refractivity contribution in [1.82, 2.24) is 0 Å². The molecular weight excluding hydrogens is 322 g/mol. The molecule has 132 valence electrons. The third-order valence-corrected chi connectivity index (χ3v) is 3.60. The number of anilines is 1. The van der Waals surface area contributed by atoms with E-state index in [1.807, 2.05) is 18.2 Å². The molecule has 0 atom stereocenters. The zero-order valence-electron chi connectivity index (χ0n) is 14.4. The third kappa shape index (κ3) is 5.24. The van der Waals surface area contributed by atoms with Crippen molar-refractivity contribution in [2.45, 2.75) is 20.3 Å². The van der Waals surface area contributed by atoms with Crippen LogP contribution in [0.5, 0.6) is 17.2 Å². The van der Waals surface area contributed by atoms with E-state index in [0.717, 1.165) is 0 Å². The first-order chi connectivity index (χ1) is 11.8. The highest BCUT2D eigenvalue weighted by Crippen LogP contribution is 2.26. The fourth-order valence-electron chi connectivity index (χ4n) is 2.09. The van der Waals surface area contributed by atoms with Gasteiger partial charge in [-0.2, -0.15) is 0 Å². The molecule has 2 aromatic rings. The van der Waals surface area contributed by atoms with Crippen LogP contribution in [0.4, 0.5) is 5.69 Å². The molecule has 0 heterocycles. The SMILES string of the molecule is COc1cccc(Oc2ccc(NC(=O)CC(C)(C)C(=O)O)cc2)c1. The fourth-order valence-corrected chi connectivity index (χ4v) is 2.09. The summed E-state index contributed by atoms with van der Waals surface area (Å²) in [5.41, 5.74) is -0.538. The molecule has 0 bridgehead atoms. The Morgan fingerprint density at radius 1 is 1.04 bits per heavy atom. The monoisotopic (exact) mass is 343 g/mol. The van der Waals surface area contributed by atoms with Gasteiger partial charge in [-0.05, 0) is 50.2 Å². The molecule has 1 amide bonds. The maximum Gasteiger partial charge on any atom is 0.309 e. The van der Waals surface area contributed by atoms with Crippen LogP contribution >= 0.6 is 0 Å². The second-order valence-corrected chi connectivity index (χ2v) is 6.22. The molecule has 0 radical (unpaired) electrons. The van der Waals surface area contributed by atoms with Crippen LogP contribution in [-0.2, 0) is 9.59 Å². The molecule has 2 aromatic carbocycles. The molecule has 0 unspecified atom stereocenters. The maximum absolute atomic E-state index is 12.0. The van der Waals surface area contributed by atoms with E-state index >= 15 is 0 Å². The Labute approximate surface area is 146 Å². The van der Waals surface area contributed by atoms with Crippen molar-refractivity contribution < 1.29 is 24.2 Å². The van der Waals surface area contributed by atoms with Crippen molar-refractivity contribution in [1.29, 1.82) is 0 Å². The molecule has 0 spiro atoms. The van der Waals surface area contributed by atoms with Crippen molar-refractivity contribution in [3.63, 3.8) is 0 Å². The van der Waals surface area contributed by atoms with E-state index in [0.29, 0.717) is 22.9 Å². The van der Waals surface area contributed by atoms with E-state index in [9.17, 15) is 9.59 Å². The van der Waals surface area contributed by atoms with Gasteiger partial charge in [-0.3, -0.25) is 9.59 Å².